The first-order valence-electron chi connectivity index (χ1n) is 7.92. The van der Waals surface area contributed by atoms with Gasteiger partial charge >= 0.3 is 0 Å². The topological polar surface area (TPSA) is 46.2 Å². The van der Waals surface area contributed by atoms with E-state index in [9.17, 15) is 18.4 Å². The third-order valence-corrected chi connectivity index (χ3v) is 5.91. The molecule has 0 saturated heterocycles. The minimum absolute atomic E-state index is 0.0202. The molecule has 2 unspecified atom stereocenters. The predicted molar refractivity (Wildman–Crippen MR) is 83.2 cm³/mol. The minimum atomic E-state index is -2.97. The van der Waals surface area contributed by atoms with Crippen molar-refractivity contribution in [2.75, 3.05) is 5.32 Å². The number of fused-ring (bicyclic) bond motifs is 2. The summed E-state index contributed by atoms with van der Waals surface area (Å²) in [6.07, 6.45) is 1.84. The molecule has 0 spiro atoms. The summed E-state index contributed by atoms with van der Waals surface area (Å²) >= 11 is 0. The summed E-state index contributed by atoms with van der Waals surface area (Å²) in [7, 11) is 0. The van der Waals surface area contributed by atoms with Crippen LogP contribution in [-0.4, -0.2) is 11.7 Å². The van der Waals surface area contributed by atoms with E-state index in [0.717, 1.165) is 13.3 Å². The van der Waals surface area contributed by atoms with E-state index >= 15 is 0 Å². The normalized spacial score (nSPS) is 28.9. The maximum Gasteiger partial charge on any atom is 0.270 e. The number of anilines is 1. The second kappa shape index (κ2) is 4.86. The lowest BCUT2D eigenvalue weighted by molar-refractivity contribution is -0.141. The first-order valence-corrected chi connectivity index (χ1v) is 7.92. The van der Waals surface area contributed by atoms with Crippen molar-refractivity contribution >= 4 is 17.4 Å². The van der Waals surface area contributed by atoms with Crippen LogP contribution in [0.1, 0.15) is 45.6 Å². The average molecular weight is 321 g/mol. The molecule has 0 radical (unpaired) electrons. The van der Waals surface area contributed by atoms with Crippen LogP contribution in [0.5, 0.6) is 0 Å². The number of Topliss-reactive ketones (excluding diaryl/α,β-unsaturated/α-hetero) is 1. The van der Waals surface area contributed by atoms with Gasteiger partial charge in [0.2, 0.25) is 5.91 Å². The Morgan fingerprint density at radius 2 is 2.04 bits per heavy atom. The number of rotatable bonds is 3. The van der Waals surface area contributed by atoms with Crippen molar-refractivity contribution in [2.45, 2.75) is 46.0 Å². The molecule has 2 atom stereocenters. The van der Waals surface area contributed by atoms with Crippen molar-refractivity contribution in [2.24, 2.45) is 16.7 Å². The lowest BCUT2D eigenvalue weighted by Crippen LogP contribution is -2.46. The molecule has 124 valence electrons. The Labute approximate surface area is 134 Å². The van der Waals surface area contributed by atoms with E-state index in [1.54, 1.807) is 6.07 Å². The fourth-order valence-electron chi connectivity index (χ4n) is 4.32. The van der Waals surface area contributed by atoms with Gasteiger partial charge in [-0.2, -0.15) is 0 Å². The van der Waals surface area contributed by atoms with Gasteiger partial charge in [-0.15, -0.1) is 0 Å². The molecule has 23 heavy (non-hydrogen) atoms. The van der Waals surface area contributed by atoms with Gasteiger partial charge in [-0.05, 0) is 36.3 Å². The third-order valence-electron chi connectivity index (χ3n) is 5.91. The fourth-order valence-corrected chi connectivity index (χ4v) is 4.32. The SMILES string of the molecule is CC(F)(F)c1cccc(NC(=O)C23CCC(CC2=O)C3(C)C)c1. The number of amides is 1. The summed E-state index contributed by atoms with van der Waals surface area (Å²) in [6, 6.07) is 5.65. The third kappa shape index (κ3) is 2.20. The zero-order valence-electron chi connectivity index (χ0n) is 13.6. The summed E-state index contributed by atoms with van der Waals surface area (Å²) in [5, 5.41) is 2.71. The molecule has 2 aliphatic carbocycles. The second-order valence-electron chi connectivity index (χ2n) is 7.41. The van der Waals surface area contributed by atoms with Crippen LogP contribution in [0, 0.1) is 16.7 Å². The van der Waals surface area contributed by atoms with Gasteiger partial charge in [0.1, 0.15) is 11.2 Å². The van der Waals surface area contributed by atoms with Crippen molar-refractivity contribution in [3.8, 4) is 0 Å². The molecule has 0 aromatic heterocycles. The van der Waals surface area contributed by atoms with Crippen molar-refractivity contribution in [3.05, 3.63) is 29.8 Å². The molecule has 2 saturated carbocycles. The average Bonchev–Trinajstić information content (AvgIpc) is 2.81. The van der Waals surface area contributed by atoms with E-state index < -0.39 is 11.3 Å². The Bertz CT molecular complexity index is 678. The lowest BCUT2D eigenvalue weighted by Gasteiger charge is -2.34. The number of halogens is 2. The van der Waals surface area contributed by atoms with Gasteiger partial charge in [0.05, 0.1) is 0 Å². The van der Waals surface area contributed by atoms with Crippen LogP contribution in [0.15, 0.2) is 24.3 Å². The zero-order chi connectivity index (χ0) is 17.0. The number of nitrogens with one attached hydrogen (secondary N) is 1. The van der Waals surface area contributed by atoms with Gasteiger partial charge < -0.3 is 5.32 Å². The molecule has 1 aromatic rings. The number of ketones is 1. The summed E-state index contributed by atoms with van der Waals surface area (Å²) in [5.41, 5.74) is -1.26. The predicted octanol–water partition coefficient (Wildman–Crippen LogP) is 4.13. The van der Waals surface area contributed by atoms with Gasteiger partial charge in [-0.3, -0.25) is 9.59 Å². The standard InChI is InChI=1S/C18H21F2NO2/c1-16(2)11-7-8-18(16,14(22)10-11)15(23)21-13-6-4-5-12(9-13)17(3,19)20/h4-6,9,11H,7-8,10H2,1-3H3,(H,21,23). The quantitative estimate of drug-likeness (QED) is 0.851. The maximum absolute atomic E-state index is 13.4. The molecule has 0 heterocycles. The van der Waals surface area contributed by atoms with Gasteiger partial charge in [-0.25, -0.2) is 8.78 Å². The fraction of sp³-hybridized carbons (Fsp3) is 0.556. The highest BCUT2D eigenvalue weighted by Gasteiger charge is 2.68. The minimum Gasteiger partial charge on any atom is -0.325 e. The Kier molecular flexibility index (Phi) is 3.40. The summed E-state index contributed by atoms with van der Waals surface area (Å²) in [6.45, 7) is 4.75. The molecule has 2 fully saturated rings. The summed E-state index contributed by atoms with van der Waals surface area (Å²) < 4.78 is 26.9. The maximum atomic E-state index is 13.4. The summed E-state index contributed by atoms with van der Waals surface area (Å²) in [5.74, 6) is -3.12. The van der Waals surface area contributed by atoms with E-state index in [4.69, 9.17) is 0 Å². The van der Waals surface area contributed by atoms with E-state index in [1.807, 2.05) is 13.8 Å². The lowest BCUT2D eigenvalue weighted by atomic mass is 9.68. The van der Waals surface area contributed by atoms with Crippen molar-refractivity contribution < 1.29 is 18.4 Å². The molecular weight excluding hydrogens is 300 g/mol. The molecule has 1 aromatic carbocycles. The molecule has 2 aliphatic rings. The molecule has 2 bridgehead atoms. The monoisotopic (exact) mass is 321 g/mol. The largest absolute Gasteiger partial charge is 0.325 e. The number of hydrogen-bond donors (Lipinski definition) is 1. The van der Waals surface area contributed by atoms with Crippen LogP contribution >= 0.6 is 0 Å². The molecule has 1 N–H and O–H groups in total. The first-order chi connectivity index (χ1) is 10.6. The van der Waals surface area contributed by atoms with Crippen LogP contribution in [0.4, 0.5) is 14.5 Å². The molecule has 1 amide bonds. The number of hydrogen-bond acceptors (Lipinski definition) is 2. The number of benzene rings is 1. The van der Waals surface area contributed by atoms with Gasteiger partial charge in [0.25, 0.3) is 5.92 Å². The van der Waals surface area contributed by atoms with Crippen molar-refractivity contribution in [1.82, 2.24) is 0 Å². The number of carbonyl (C=O) groups excluding carboxylic acids is 2. The zero-order valence-corrected chi connectivity index (χ0v) is 13.6. The van der Waals surface area contributed by atoms with Gasteiger partial charge in [-0.1, -0.05) is 26.0 Å². The molecule has 3 rings (SSSR count). The Hall–Kier alpha value is -1.78. The number of alkyl halides is 2. The van der Waals surface area contributed by atoms with Crippen molar-refractivity contribution in [3.63, 3.8) is 0 Å². The smallest absolute Gasteiger partial charge is 0.270 e. The van der Waals surface area contributed by atoms with E-state index in [0.29, 0.717) is 18.5 Å². The second-order valence-corrected chi connectivity index (χ2v) is 7.41. The van der Waals surface area contributed by atoms with Gasteiger partial charge in [0.15, 0.2) is 0 Å². The van der Waals surface area contributed by atoms with E-state index in [1.165, 1.54) is 18.2 Å². The molecule has 5 heteroatoms. The van der Waals surface area contributed by atoms with Crippen LogP contribution in [0.3, 0.4) is 0 Å². The van der Waals surface area contributed by atoms with Crippen LogP contribution in [0.2, 0.25) is 0 Å². The Morgan fingerprint density at radius 1 is 1.35 bits per heavy atom. The highest BCUT2D eigenvalue weighted by atomic mass is 19.3. The van der Waals surface area contributed by atoms with Crippen LogP contribution in [-0.2, 0) is 15.5 Å². The molecular formula is C18H21F2NO2. The van der Waals surface area contributed by atoms with Crippen LogP contribution in [0.25, 0.3) is 0 Å². The van der Waals surface area contributed by atoms with E-state index in [-0.39, 0.29) is 28.6 Å². The Morgan fingerprint density at radius 3 is 2.57 bits per heavy atom. The molecule has 3 nitrogen and oxygen atoms in total. The van der Waals surface area contributed by atoms with Crippen LogP contribution < -0.4 is 5.32 Å². The number of carbonyl (C=O) groups is 2. The highest BCUT2D eigenvalue weighted by Crippen LogP contribution is 2.64. The van der Waals surface area contributed by atoms with Crippen molar-refractivity contribution in [1.29, 1.82) is 0 Å². The highest BCUT2D eigenvalue weighted by molar-refractivity contribution is 6.14. The Balaban J connectivity index is 1.90. The van der Waals surface area contributed by atoms with E-state index in [2.05, 4.69) is 5.32 Å². The first kappa shape index (κ1) is 16.1. The summed E-state index contributed by atoms with van der Waals surface area (Å²) in [4.78, 5) is 25.3. The molecule has 0 aliphatic heterocycles. The van der Waals surface area contributed by atoms with Gasteiger partial charge in [0, 0.05) is 24.6 Å².